The summed E-state index contributed by atoms with van der Waals surface area (Å²) in [7, 11) is -3.09. The molecule has 2 N–H and O–H groups in total. The standard InChI is InChI=1S/C13H17N3O5S/c1-2-14-11-4-3-9(7-12(11)16(18)19)13(17)15-10-5-6-22(20,21)8-10/h3-4,7,10,14H,2,5-6,8H2,1H3,(H,15,17)/t10-/m1/s1. The van der Waals surface area contributed by atoms with Crippen molar-refractivity contribution in [2.24, 2.45) is 0 Å². The highest BCUT2D eigenvalue weighted by molar-refractivity contribution is 7.91. The molecule has 1 atom stereocenters. The summed E-state index contributed by atoms with van der Waals surface area (Å²) in [6.07, 6.45) is 0.367. The number of benzene rings is 1. The number of amides is 1. The van der Waals surface area contributed by atoms with Crippen molar-refractivity contribution in [1.29, 1.82) is 0 Å². The summed E-state index contributed by atoms with van der Waals surface area (Å²) in [5, 5.41) is 16.5. The lowest BCUT2D eigenvalue weighted by Gasteiger charge is -2.11. The first-order valence-corrected chi connectivity index (χ1v) is 8.68. The Balaban J connectivity index is 2.16. The van der Waals surface area contributed by atoms with Gasteiger partial charge in [-0.15, -0.1) is 0 Å². The van der Waals surface area contributed by atoms with Crippen LogP contribution in [-0.2, 0) is 9.84 Å². The molecule has 9 heteroatoms. The topological polar surface area (TPSA) is 118 Å². The number of nitrogens with one attached hydrogen (secondary N) is 2. The molecule has 0 radical (unpaired) electrons. The molecule has 1 aliphatic heterocycles. The summed E-state index contributed by atoms with van der Waals surface area (Å²) in [6.45, 7) is 2.33. The highest BCUT2D eigenvalue weighted by atomic mass is 32.2. The van der Waals surface area contributed by atoms with E-state index in [2.05, 4.69) is 10.6 Å². The zero-order valence-electron chi connectivity index (χ0n) is 12.0. The van der Waals surface area contributed by atoms with E-state index in [4.69, 9.17) is 0 Å². The van der Waals surface area contributed by atoms with Crippen LogP contribution in [0, 0.1) is 10.1 Å². The van der Waals surface area contributed by atoms with Crippen molar-refractivity contribution in [3.8, 4) is 0 Å². The lowest BCUT2D eigenvalue weighted by atomic mass is 10.1. The van der Waals surface area contributed by atoms with Crippen molar-refractivity contribution in [3.63, 3.8) is 0 Å². The van der Waals surface area contributed by atoms with Crippen molar-refractivity contribution in [3.05, 3.63) is 33.9 Å². The largest absolute Gasteiger partial charge is 0.380 e. The second kappa shape index (κ2) is 6.30. The molecule has 1 aromatic carbocycles. The summed E-state index contributed by atoms with van der Waals surface area (Å²) in [6, 6.07) is 3.70. The van der Waals surface area contributed by atoms with E-state index in [9.17, 15) is 23.3 Å². The Morgan fingerprint density at radius 3 is 2.73 bits per heavy atom. The number of sulfone groups is 1. The van der Waals surface area contributed by atoms with Gasteiger partial charge >= 0.3 is 0 Å². The number of nitro groups is 1. The minimum absolute atomic E-state index is 0.0530. The normalized spacial score (nSPS) is 19.6. The Morgan fingerprint density at radius 1 is 1.45 bits per heavy atom. The predicted octanol–water partition coefficient (Wildman–Crippen LogP) is 0.943. The Labute approximate surface area is 128 Å². The van der Waals surface area contributed by atoms with Gasteiger partial charge in [0.15, 0.2) is 9.84 Å². The minimum Gasteiger partial charge on any atom is -0.380 e. The Hall–Kier alpha value is -2.16. The van der Waals surface area contributed by atoms with Gasteiger partial charge < -0.3 is 10.6 Å². The van der Waals surface area contributed by atoms with Gasteiger partial charge in [0.1, 0.15) is 5.69 Å². The van der Waals surface area contributed by atoms with Crippen LogP contribution in [0.5, 0.6) is 0 Å². The number of hydrogen-bond donors (Lipinski definition) is 2. The SMILES string of the molecule is CCNc1ccc(C(=O)N[C@@H]2CCS(=O)(=O)C2)cc1[N+](=O)[O-]. The molecule has 0 unspecified atom stereocenters. The molecule has 2 rings (SSSR count). The molecule has 0 saturated carbocycles. The van der Waals surface area contributed by atoms with E-state index in [1.54, 1.807) is 0 Å². The van der Waals surface area contributed by atoms with Gasteiger partial charge in [-0.1, -0.05) is 0 Å². The third-order valence-electron chi connectivity index (χ3n) is 3.39. The van der Waals surface area contributed by atoms with Crippen molar-refractivity contribution in [2.45, 2.75) is 19.4 Å². The van der Waals surface area contributed by atoms with Crippen LogP contribution in [0.4, 0.5) is 11.4 Å². The summed E-state index contributed by atoms with van der Waals surface area (Å²) < 4.78 is 22.7. The van der Waals surface area contributed by atoms with Crippen LogP contribution in [0.25, 0.3) is 0 Å². The summed E-state index contributed by atoms with van der Waals surface area (Å²) in [4.78, 5) is 22.6. The molecule has 1 heterocycles. The molecule has 1 fully saturated rings. The van der Waals surface area contributed by atoms with Gasteiger partial charge in [0.05, 0.1) is 16.4 Å². The van der Waals surface area contributed by atoms with E-state index in [1.807, 2.05) is 6.92 Å². The Bertz CT molecular complexity index is 702. The van der Waals surface area contributed by atoms with Gasteiger partial charge in [-0.05, 0) is 25.5 Å². The third-order valence-corrected chi connectivity index (χ3v) is 5.16. The van der Waals surface area contributed by atoms with Gasteiger partial charge in [-0.2, -0.15) is 0 Å². The average molecular weight is 327 g/mol. The smallest absolute Gasteiger partial charge is 0.293 e. The number of carbonyl (C=O) groups excluding carboxylic acids is 1. The van der Waals surface area contributed by atoms with Crippen LogP contribution in [-0.4, -0.2) is 43.3 Å². The number of nitrogens with zero attached hydrogens (tertiary/aromatic N) is 1. The van der Waals surface area contributed by atoms with Crippen molar-refractivity contribution < 1.29 is 18.1 Å². The maximum absolute atomic E-state index is 12.1. The lowest BCUT2D eigenvalue weighted by molar-refractivity contribution is -0.384. The average Bonchev–Trinajstić information content (AvgIpc) is 2.78. The first-order chi connectivity index (χ1) is 10.3. The number of carbonyl (C=O) groups is 1. The second-order valence-corrected chi connectivity index (χ2v) is 7.32. The van der Waals surface area contributed by atoms with Gasteiger partial charge in [0.25, 0.3) is 11.6 Å². The van der Waals surface area contributed by atoms with E-state index in [0.717, 1.165) is 0 Å². The molecule has 0 bridgehead atoms. The third kappa shape index (κ3) is 3.73. The molecule has 0 aromatic heterocycles. The molecular weight excluding hydrogens is 310 g/mol. The summed E-state index contributed by atoms with van der Waals surface area (Å²) in [5.74, 6) is -0.540. The van der Waals surface area contributed by atoms with Crippen LogP contribution in [0.1, 0.15) is 23.7 Å². The van der Waals surface area contributed by atoms with Crippen molar-refractivity contribution in [2.75, 3.05) is 23.4 Å². The van der Waals surface area contributed by atoms with E-state index >= 15 is 0 Å². The van der Waals surface area contributed by atoms with Crippen LogP contribution in [0.2, 0.25) is 0 Å². The monoisotopic (exact) mass is 327 g/mol. The minimum atomic E-state index is -3.09. The fraction of sp³-hybridized carbons (Fsp3) is 0.462. The van der Waals surface area contributed by atoms with E-state index < -0.39 is 26.7 Å². The van der Waals surface area contributed by atoms with Gasteiger partial charge in [-0.25, -0.2) is 8.42 Å². The Morgan fingerprint density at radius 2 is 2.18 bits per heavy atom. The van der Waals surface area contributed by atoms with Crippen molar-refractivity contribution in [1.82, 2.24) is 5.32 Å². The molecule has 1 amide bonds. The molecule has 1 saturated heterocycles. The van der Waals surface area contributed by atoms with Crippen LogP contribution in [0.3, 0.4) is 0 Å². The van der Waals surface area contributed by atoms with Gasteiger partial charge in [-0.3, -0.25) is 14.9 Å². The second-order valence-electron chi connectivity index (χ2n) is 5.09. The highest BCUT2D eigenvalue weighted by Gasteiger charge is 2.29. The predicted molar refractivity (Wildman–Crippen MR) is 81.8 cm³/mol. The zero-order chi connectivity index (χ0) is 16.3. The molecule has 8 nitrogen and oxygen atoms in total. The molecular formula is C13H17N3O5S. The maximum atomic E-state index is 12.1. The molecule has 1 aromatic rings. The fourth-order valence-corrected chi connectivity index (χ4v) is 4.01. The molecule has 120 valence electrons. The molecule has 0 aliphatic carbocycles. The number of anilines is 1. The number of rotatable bonds is 5. The first kappa shape index (κ1) is 16.2. The Kier molecular flexibility index (Phi) is 4.65. The number of hydrogen-bond acceptors (Lipinski definition) is 6. The van der Waals surface area contributed by atoms with Crippen LogP contribution in [0.15, 0.2) is 18.2 Å². The van der Waals surface area contributed by atoms with Crippen LogP contribution < -0.4 is 10.6 Å². The van der Waals surface area contributed by atoms with Crippen LogP contribution >= 0.6 is 0 Å². The number of nitro benzene ring substituents is 1. The zero-order valence-corrected chi connectivity index (χ0v) is 12.9. The van der Waals surface area contributed by atoms with E-state index in [1.165, 1.54) is 18.2 Å². The van der Waals surface area contributed by atoms with Gasteiger partial charge in [0, 0.05) is 24.2 Å². The first-order valence-electron chi connectivity index (χ1n) is 6.86. The fourth-order valence-electron chi connectivity index (χ4n) is 2.34. The van der Waals surface area contributed by atoms with E-state index in [0.29, 0.717) is 18.7 Å². The lowest BCUT2D eigenvalue weighted by Crippen LogP contribution is -2.35. The summed E-state index contributed by atoms with van der Waals surface area (Å²) in [5.41, 5.74) is 0.290. The molecule has 1 aliphatic rings. The molecule has 0 spiro atoms. The van der Waals surface area contributed by atoms with Crippen molar-refractivity contribution >= 4 is 27.1 Å². The maximum Gasteiger partial charge on any atom is 0.293 e. The molecule has 22 heavy (non-hydrogen) atoms. The highest BCUT2D eigenvalue weighted by Crippen LogP contribution is 2.25. The van der Waals surface area contributed by atoms with E-state index in [-0.39, 0.29) is 22.8 Å². The quantitative estimate of drug-likeness (QED) is 0.614. The van der Waals surface area contributed by atoms with Gasteiger partial charge in [0.2, 0.25) is 0 Å². The summed E-state index contributed by atoms with van der Waals surface area (Å²) >= 11 is 0.